The summed E-state index contributed by atoms with van der Waals surface area (Å²) < 4.78 is 33.7. The number of hydrogen-bond donors (Lipinski definition) is 0. The summed E-state index contributed by atoms with van der Waals surface area (Å²) in [5.74, 6) is 1.53. The molecule has 1 aliphatic heterocycles. The number of amides is 1. The highest BCUT2D eigenvalue weighted by Gasteiger charge is 2.37. The topological polar surface area (TPSA) is 114 Å². The first-order valence-corrected chi connectivity index (χ1v) is 10.2. The number of carbonyl (C=O) groups is 1. The van der Waals surface area contributed by atoms with Crippen LogP contribution in [-0.2, 0) is 28.3 Å². The van der Waals surface area contributed by atoms with Gasteiger partial charge in [-0.05, 0) is 13.3 Å². The summed E-state index contributed by atoms with van der Waals surface area (Å²) in [6.45, 7) is 5.97. The Balaban J connectivity index is 1.69. The molecule has 27 heavy (non-hydrogen) atoms. The maximum absolute atomic E-state index is 12.8. The second-order valence-corrected chi connectivity index (χ2v) is 8.62. The summed E-state index contributed by atoms with van der Waals surface area (Å²) in [7, 11) is -1.92. The van der Waals surface area contributed by atoms with Gasteiger partial charge in [0.15, 0.2) is 10.9 Å². The van der Waals surface area contributed by atoms with E-state index in [-0.39, 0.29) is 23.5 Å². The van der Waals surface area contributed by atoms with Gasteiger partial charge >= 0.3 is 0 Å². The number of aryl methyl sites for hydroxylation is 3. The molecule has 2 aromatic heterocycles. The van der Waals surface area contributed by atoms with Crippen LogP contribution in [0.1, 0.15) is 30.9 Å². The van der Waals surface area contributed by atoms with Crippen LogP contribution < -0.4 is 0 Å². The molecule has 1 saturated heterocycles. The molecule has 0 radical (unpaired) electrons. The number of sulfonamides is 1. The van der Waals surface area contributed by atoms with Gasteiger partial charge in [0.2, 0.25) is 11.8 Å². The molecule has 148 valence electrons. The van der Waals surface area contributed by atoms with Gasteiger partial charge in [-0.3, -0.25) is 4.79 Å². The monoisotopic (exact) mass is 396 g/mol. The van der Waals surface area contributed by atoms with Crippen molar-refractivity contribution >= 4 is 15.9 Å². The van der Waals surface area contributed by atoms with Crippen molar-refractivity contribution in [3.63, 3.8) is 0 Å². The minimum absolute atomic E-state index is 0.0415. The number of aromatic nitrogens is 4. The predicted octanol–water partition coefficient (Wildman–Crippen LogP) is 0.274. The molecule has 11 heteroatoms. The largest absolute Gasteiger partial charge is 0.340 e. The van der Waals surface area contributed by atoms with Crippen molar-refractivity contribution in [2.45, 2.75) is 44.7 Å². The van der Waals surface area contributed by atoms with Crippen molar-refractivity contribution in [2.75, 3.05) is 19.6 Å². The summed E-state index contributed by atoms with van der Waals surface area (Å²) in [4.78, 5) is 22.1. The van der Waals surface area contributed by atoms with E-state index in [2.05, 4.69) is 15.1 Å². The Morgan fingerprint density at radius 2 is 2.11 bits per heavy atom. The van der Waals surface area contributed by atoms with Crippen LogP contribution in [0.15, 0.2) is 15.7 Å². The Morgan fingerprint density at radius 3 is 2.67 bits per heavy atom. The van der Waals surface area contributed by atoms with E-state index in [4.69, 9.17) is 4.52 Å². The molecule has 10 nitrogen and oxygen atoms in total. The molecular formula is C16H24N6O4S. The average molecular weight is 396 g/mol. The molecule has 3 rings (SSSR count). The molecule has 1 atom stereocenters. The molecule has 1 aliphatic rings. The lowest BCUT2D eigenvalue weighted by Crippen LogP contribution is -2.42. The molecule has 0 N–H and O–H groups in total. The zero-order valence-corrected chi connectivity index (χ0v) is 16.7. The van der Waals surface area contributed by atoms with Crippen molar-refractivity contribution in [2.24, 2.45) is 7.05 Å². The van der Waals surface area contributed by atoms with Gasteiger partial charge in [-0.25, -0.2) is 13.4 Å². The van der Waals surface area contributed by atoms with Crippen molar-refractivity contribution in [1.82, 2.24) is 28.9 Å². The lowest BCUT2D eigenvalue weighted by molar-refractivity contribution is -0.130. The molecule has 0 spiro atoms. The molecule has 1 fully saturated rings. The fourth-order valence-corrected chi connectivity index (χ4v) is 4.74. The second-order valence-electron chi connectivity index (χ2n) is 6.73. The SMILES string of the molecule is CC(=O)N(CCc1noc(C)n1)C1CCN(S(=O)(=O)c2cn(C)c(C)n2)C1. The molecule has 1 unspecified atom stereocenters. The van der Waals surface area contributed by atoms with Gasteiger partial charge in [0.05, 0.1) is 0 Å². The van der Waals surface area contributed by atoms with Gasteiger partial charge in [-0.15, -0.1) is 0 Å². The minimum Gasteiger partial charge on any atom is -0.340 e. The van der Waals surface area contributed by atoms with Crippen LogP contribution in [0.5, 0.6) is 0 Å². The smallest absolute Gasteiger partial charge is 0.262 e. The van der Waals surface area contributed by atoms with E-state index in [1.165, 1.54) is 17.4 Å². The van der Waals surface area contributed by atoms with Crippen LogP contribution in [0.4, 0.5) is 0 Å². The maximum atomic E-state index is 12.8. The third kappa shape index (κ3) is 4.03. The van der Waals surface area contributed by atoms with Crippen LogP contribution in [0, 0.1) is 13.8 Å². The van der Waals surface area contributed by atoms with E-state index in [1.807, 2.05) is 0 Å². The van der Waals surface area contributed by atoms with Gasteiger partial charge in [0, 0.05) is 59.2 Å². The van der Waals surface area contributed by atoms with Crippen LogP contribution in [0.2, 0.25) is 0 Å². The third-order valence-corrected chi connectivity index (χ3v) is 6.54. The lowest BCUT2D eigenvalue weighted by Gasteiger charge is -2.27. The summed E-state index contributed by atoms with van der Waals surface area (Å²) in [6.07, 6.45) is 2.55. The molecule has 3 heterocycles. The van der Waals surface area contributed by atoms with Crippen molar-refractivity contribution in [3.8, 4) is 0 Å². The van der Waals surface area contributed by atoms with E-state index < -0.39 is 10.0 Å². The van der Waals surface area contributed by atoms with Crippen LogP contribution in [-0.4, -0.2) is 68.9 Å². The van der Waals surface area contributed by atoms with Crippen LogP contribution >= 0.6 is 0 Å². The Labute approximate surface area is 158 Å². The zero-order chi connectivity index (χ0) is 19.8. The Morgan fingerprint density at radius 1 is 1.37 bits per heavy atom. The lowest BCUT2D eigenvalue weighted by atomic mass is 10.2. The average Bonchev–Trinajstić information content (AvgIpc) is 3.30. The van der Waals surface area contributed by atoms with Gasteiger partial charge in [-0.2, -0.15) is 9.29 Å². The predicted molar refractivity (Wildman–Crippen MR) is 95.2 cm³/mol. The number of rotatable bonds is 6. The molecule has 1 amide bonds. The van der Waals surface area contributed by atoms with E-state index >= 15 is 0 Å². The molecule has 0 aliphatic carbocycles. The molecule has 0 aromatic carbocycles. The first-order valence-electron chi connectivity index (χ1n) is 8.75. The summed E-state index contributed by atoms with van der Waals surface area (Å²) in [6, 6.07) is -0.185. The quantitative estimate of drug-likeness (QED) is 0.688. The van der Waals surface area contributed by atoms with Crippen molar-refractivity contribution in [3.05, 3.63) is 23.7 Å². The highest BCUT2D eigenvalue weighted by atomic mass is 32.2. The van der Waals surface area contributed by atoms with Gasteiger partial charge in [-0.1, -0.05) is 5.16 Å². The third-order valence-electron chi connectivity index (χ3n) is 4.81. The summed E-state index contributed by atoms with van der Waals surface area (Å²) in [5.41, 5.74) is 0. The van der Waals surface area contributed by atoms with Crippen molar-refractivity contribution < 1.29 is 17.7 Å². The normalized spacial score (nSPS) is 18.1. The van der Waals surface area contributed by atoms with E-state index in [1.54, 1.807) is 30.4 Å². The maximum Gasteiger partial charge on any atom is 0.262 e. The molecule has 0 saturated carbocycles. The molecule has 0 bridgehead atoms. The van der Waals surface area contributed by atoms with E-state index in [9.17, 15) is 13.2 Å². The van der Waals surface area contributed by atoms with E-state index in [0.29, 0.717) is 43.5 Å². The first-order chi connectivity index (χ1) is 12.7. The summed E-state index contributed by atoms with van der Waals surface area (Å²) >= 11 is 0. The standard InChI is InChI=1S/C16H24N6O4S/c1-11-17-16(10-20(11)4)27(24,25)21-7-5-14(9-21)22(13(3)23)8-6-15-18-12(2)26-19-15/h10,14H,5-9H2,1-4H3. The molecular weight excluding hydrogens is 372 g/mol. The first kappa shape index (κ1) is 19.5. The van der Waals surface area contributed by atoms with E-state index in [0.717, 1.165) is 0 Å². The highest BCUT2D eigenvalue weighted by Crippen LogP contribution is 2.23. The number of imidazole rings is 1. The van der Waals surface area contributed by atoms with Gasteiger partial charge < -0.3 is 14.0 Å². The van der Waals surface area contributed by atoms with Crippen molar-refractivity contribution in [1.29, 1.82) is 0 Å². The molecule has 2 aromatic rings. The number of hydrogen-bond acceptors (Lipinski definition) is 7. The zero-order valence-electron chi connectivity index (χ0n) is 15.9. The Hall–Kier alpha value is -2.27. The number of carbonyl (C=O) groups excluding carboxylic acids is 1. The number of nitrogens with zero attached hydrogens (tertiary/aromatic N) is 6. The van der Waals surface area contributed by atoms with Crippen LogP contribution in [0.25, 0.3) is 0 Å². The van der Waals surface area contributed by atoms with Gasteiger partial charge in [0.1, 0.15) is 5.82 Å². The second kappa shape index (κ2) is 7.39. The Bertz CT molecular complexity index is 915. The van der Waals surface area contributed by atoms with Gasteiger partial charge in [0.25, 0.3) is 10.0 Å². The Kier molecular flexibility index (Phi) is 5.33. The summed E-state index contributed by atoms with van der Waals surface area (Å²) in [5, 5.41) is 3.88. The van der Waals surface area contributed by atoms with Crippen LogP contribution in [0.3, 0.4) is 0 Å². The minimum atomic E-state index is -3.67. The fraction of sp³-hybridized carbons (Fsp3) is 0.625. The highest BCUT2D eigenvalue weighted by molar-refractivity contribution is 7.89. The fourth-order valence-electron chi connectivity index (χ4n) is 3.23.